The Morgan fingerprint density at radius 2 is 2.21 bits per heavy atom. The van der Waals surface area contributed by atoms with Gasteiger partial charge in [0.25, 0.3) is 0 Å². The number of imidazole rings is 1. The zero-order valence-electron chi connectivity index (χ0n) is 12.9. The fourth-order valence-corrected chi connectivity index (χ4v) is 3.92. The van der Waals surface area contributed by atoms with Gasteiger partial charge in [-0.1, -0.05) is 27.2 Å². The molecule has 0 radical (unpaired) electrons. The number of hydrogen-bond acceptors (Lipinski definition) is 2. The van der Waals surface area contributed by atoms with Gasteiger partial charge in [-0.25, -0.2) is 4.98 Å². The molecule has 1 heterocycles. The molecule has 2 rings (SSSR count). The van der Waals surface area contributed by atoms with Gasteiger partial charge in [-0.2, -0.15) is 0 Å². The fourth-order valence-electron chi connectivity index (χ4n) is 3.92. The number of aryl methyl sites for hydroxylation is 2. The van der Waals surface area contributed by atoms with Gasteiger partial charge in [0.15, 0.2) is 0 Å². The number of aromatic nitrogens is 2. The second-order valence-electron chi connectivity index (χ2n) is 6.92. The van der Waals surface area contributed by atoms with Gasteiger partial charge in [0.1, 0.15) is 5.82 Å². The van der Waals surface area contributed by atoms with Crippen molar-refractivity contribution in [3.63, 3.8) is 0 Å². The van der Waals surface area contributed by atoms with Crippen molar-refractivity contribution in [2.45, 2.75) is 58.4 Å². The molecule has 1 saturated carbocycles. The van der Waals surface area contributed by atoms with Crippen molar-refractivity contribution in [3.05, 3.63) is 18.2 Å². The molecule has 19 heavy (non-hydrogen) atoms. The predicted molar refractivity (Wildman–Crippen MR) is 79.8 cm³/mol. The molecule has 0 aromatic carbocycles. The third-order valence-corrected chi connectivity index (χ3v) is 4.98. The van der Waals surface area contributed by atoms with Crippen molar-refractivity contribution in [1.29, 1.82) is 0 Å². The van der Waals surface area contributed by atoms with Gasteiger partial charge in [-0.05, 0) is 37.0 Å². The van der Waals surface area contributed by atoms with Crippen LogP contribution in [0.5, 0.6) is 0 Å². The van der Waals surface area contributed by atoms with E-state index in [-0.39, 0.29) is 5.54 Å². The highest BCUT2D eigenvalue weighted by molar-refractivity contribution is 5.01. The topological polar surface area (TPSA) is 43.8 Å². The van der Waals surface area contributed by atoms with Gasteiger partial charge in [0.05, 0.1) is 0 Å². The summed E-state index contributed by atoms with van der Waals surface area (Å²) in [6, 6.07) is 0. The van der Waals surface area contributed by atoms with Crippen LogP contribution in [-0.2, 0) is 13.5 Å². The molecule has 3 unspecified atom stereocenters. The van der Waals surface area contributed by atoms with Crippen molar-refractivity contribution in [3.8, 4) is 0 Å². The first-order chi connectivity index (χ1) is 8.92. The summed E-state index contributed by atoms with van der Waals surface area (Å²) >= 11 is 0. The lowest BCUT2D eigenvalue weighted by Crippen LogP contribution is -2.53. The highest BCUT2D eigenvalue weighted by Gasteiger charge is 2.40. The molecule has 0 amide bonds. The number of nitrogens with two attached hydrogens (primary N) is 1. The molecule has 1 aliphatic rings. The molecule has 3 heteroatoms. The third kappa shape index (κ3) is 3.19. The minimum Gasteiger partial charge on any atom is -0.338 e. The van der Waals surface area contributed by atoms with E-state index in [4.69, 9.17) is 5.73 Å². The smallest absolute Gasteiger partial charge is 0.108 e. The molecule has 0 bridgehead atoms. The van der Waals surface area contributed by atoms with Crippen LogP contribution in [0.3, 0.4) is 0 Å². The standard InChI is InChI=1S/C16H29N3/c1-12(2)14-6-5-13(3)11-16(14,17)8-7-15-18-9-10-19(15)4/h9-10,12-14H,5-8,11,17H2,1-4H3. The molecule has 0 spiro atoms. The van der Waals surface area contributed by atoms with Crippen LogP contribution in [0.4, 0.5) is 0 Å². The summed E-state index contributed by atoms with van der Waals surface area (Å²) in [4.78, 5) is 4.43. The Labute approximate surface area is 117 Å². The van der Waals surface area contributed by atoms with Gasteiger partial charge >= 0.3 is 0 Å². The molecular formula is C16H29N3. The number of nitrogens with zero attached hydrogens (tertiary/aromatic N) is 2. The van der Waals surface area contributed by atoms with Crippen molar-refractivity contribution in [2.75, 3.05) is 0 Å². The zero-order chi connectivity index (χ0) is 14.0. The van der Waals surface area contributed by atoms with E-state index in [2.05, 4.69) is 37.4 Å². The first-order valence-corrected chi connectivity index (χ1v) is 7.67. The van der Waals surface area contributed by atoms with Crippen molar-refractivity contribution in [2.24, 2.45) is 30.5 Å². The SMILES string of the molecule is CC1CCC(C(C)C)C(N)(CCc2nccn2C)C1. The second kappa shape index (κ2) is 5.66. The maximum Gasteiger partial charge on any atom is 0.108 e. The minimum absolute atomic E-state index is 0.00220. The summed E-state index contributed by atoms with van der Waals surface area (Å²) in [5, 5.41) is 0. The molecule has 3 nitrogen and oxygen atoms in total. The number of hydrogen-bond donors (Lipinski definition) is 1. The van der Waals surface area contributed by atoms with Crippen LogP contribution in [0, 0.1) is 17.8 Å². The highest BCUT2D eigenvalue weighted by atomic mass is 15.0. The Balaban J connectivity index is 2.07. The Morgan fingerprint density at radius 1 is 1.47 bits per heavy atom. The van der Waals surface area contributed by atoms with E-state index in [1.54, 1.807) is 0 Å². The summed E-state index contributed by atoms with van der Waals surface area (Å²) in [7, 11) is 2.06. The van der Waals surface area contributed by atoms with Crippen molar-refractivity contribution >= 4 is 0 Å². The van der Waals surface area contributed by atoms with E-state index < -0.39 is 0 Å². The van der Waals surface area contributed by atoms with Gasteiger partial charge in [0.2, 0.25) is 0 Å². The third-order valence-electron chi connectivity index (χ3n) is 4.98. The van der Waals surface area contributed by atoms with Crippen LogP contribution in [0.1, 0.15) is 52.3 Å². The van der Waals surface area contributed by atoms with E-state index in [1.165, 1.54) is 19.3 Å². The van der Waals surface area contributed by atoms with Gasteiger partial charge in [-0.3, -0.25) is 0 Å². The van der Waals surface area contributed by atoms with Crippen molar-refractivity contribution in [1.82, 2.24) is 9.55 Å². The van der Waals surface area contributed by atoms with Crippen LogP contribution in [0.25, 0.3) is 0 Å². The lowest BCUT2D eigenvalue weighted by molar-refractivity contribution is 0.101. The van der Waals surface area contributed by atoms with Gasteiger partial charge < -0.3 is 10.3 Å². The molecule has 3 atom stereocenters. The maximum absolute atomic E-state index is 6.82. The normalized spacial score (nSPS) is 31.9. The summed E-state index contributed by atoms with van der Waals surface area (Å²) in [5.74, 6) is 3.26. The minimum atomic E-state index is -0.00220. The zero-order valence-corrected chi connectivity index (χ0v) is 12.9. The monoisotopic (exact) mass is 263 g/mol. The molecule has 1 fully saturated rings. The molecule has 0 aliphatic heterocycles. The summed E-state index contributed by atoms with van der Waals surface area (Å²) in [6.45, 7) is 6.99. The molecule has 2 N–H and O–H groups in total. The van der Waals surface area contributed by atoms with Crippen LogP contribution < -0.4 is 5.73 Å². The number of rotatable bonds is 4. The summed E-state index contributed by atoms with van der Waals surface area (Å²) < 4.78 is 2.11. The predicted octanol–water partition coefficient (Wildman–Crippen LogP) is 3.14. The molecule has 108 valence electrons. The summed E-state index contributed by atoms with van der Waals surface area (Å²) in [6.07, 6.45) is 9.74. The van der Waals surface area contributed by atoms with Crippen LogP contribution in [0.15, 0.2) is 12.4 Å². The summed E-state index contributed by atoms with van der Waals surface area (Å²) in [5.41, 5.74) is 6.82. The maximum atomic E-state index is 6.82. The van der Waals surface area contributed by atoms with Crippen LogP contribution in [-0.4, -0.2) is 15.1 Å². The fraction of sp³-hybridized carbons (Fsp3) is 0.812. The average molecular weight is 263 g/mol. The first-order valence-electron chi connectivity index (χ1n) is 7.67. The Kier molecular flexibility index (Phi) is 4.34. The van der Waals surface area contributed by atoms with E-state index in [9.17, 15) is 0 Å². The molecule has 0 saturated heterocycles. The van der Waals surface area contributed by atoms with E-state index in [0.717, 1.165) is 24.6 Å². The Morgan fingerprint density at radius 3 is 2.79 bits per heavy atom. The van der Waals surface area contributed by atoms with Gasteiger partial charge in [0, 0.05) is 31.4 Å². The second-order valence-corrected chi connectivity index (χ2v) is 6.92. The molecular weight excluding hydrogens is 234 g/mol. The molecule has 1 aromatic rings. The first kappa shape index (κ1) is 14.6. The van der Waals surface area contributed by atoms with Crippen molar-refractivity contribution < 1.29 is 0 Å². The lowest BCUT2D eigenvalue weighted by Gasteiger charge is -2.46. The highest BCUT2D eigenvalue weighted by Crippen LogP contribution is 2.41. The Hall–Kier alpha value is -0.830. The molecule has 1 aromatic heterocycles. The quantitative estimate of drug-likeness (QED) is 0.907. The average Bonchev–Trinajstić information content (AvgIpc) is 2.71. The van der Waals surface area contributed by atoms with E-state index >= 15 is 0 Å². The van der Waals surface area contributed by atoms with Crippen LogP contribution >= 0.6 is 0 Å². The van der Waals surface area contributed by atoms with Crippen LogP contribution in [0.2, 0.25) is 0 Å². The van der Waals surface area contributed by atoms with Gasteiger partial charge in [-0.15, -0.1) is 0 Å². The van der Waals surface area contributed by atoms with E-state index in [0.29, 0.717) is 11.8 Å². The lowest BCUT2D eigenvalue weighted by atomic mass is 9.64. The van der Waals surface area contributed by atoms with E-state index in [1.807, 2.05) is 12.4 Å². The Bertz CT molecular complexity index is 410. The largest absolute Gasteiger partial charge is 0.338 e. The molecule has 1 aliphatic carbocycles.